The van der Waals surface area contributed by atoms with E-state index in [2.05, 4.69) is 26.9 Å². The predicted octanol–water partition coefficient (Wildman–Crippen LogP) is 1.77. The third-order valence-electron chi connectivity index (χ3n) is 4.07. The topological polar surface area (TPSA) is 84.0 Å². The number of nitrogens with one attached hydrogen (secondary N) is 2. The Balaban J connectivity index is 2.02. The largest absolute Gasteiger partial charge is 0.355 e. The van der Waals surface area contributed by atoms with E-state index in [9.17, 15) is 8.42 Å². The van der Waals surface area contributed by atoms with Crippen LogP contribution in [0.3, 0.4) is 0 Å². The van der Waals surface area contributed by atoms with E-state index < -0.39 is 10.0 Å². The van der Waals surface area contributed by atoms with Gasteiger partial charge in [0, 0.05) is 13.1 Å². The molecule has 20 heavy (non-hydrogen) atoms. The van der Waals surface area contributed by atoms with E-state index in [4.69, 9.17) is 0 Å². The molecule has 0 unspecified atom stereocenters. The highest BCUT2D eigenvalue weighted by Gasteiger charge is 2.36. The second-order valence-electron chi connectivity index (χ2n) is 5.30. The van der Waals surface area contributed by atoms with E-state index in [0.29, 0.717) is 19.0 Å². The second kappa shape index (κ2) is 6.05. The first-order valence-corrected chi connectivity index (χ1v) is 8.55. The van der Waals surface area contributed by atoms with Crippen molar-refractivity contribution in [2.24, 2.45) is 5.41 Å². The Morgan fingerprint density at radius 3 is 2.35 bits per heavy atom. The zero-order valence-electron chi connectivity index (χ0n) is 12.0. The van der Waals surface area contributed by atoms with Crippen LogP contribution in [-0.2, 0) is 10.0 Å². The molecule has 1 aliphatic rings. The molecule has 0 atom stereocenters. The van der Waals surface area contributed by atoms with Crippen LogP contribution in [0, 0.1) is 5.41 Å². The smallest absolute Gasteiger partial charge is 0.243 e. The van der Waals surface area contributed by atoms with Gasteiger partial charge in [-0.15, -0.1) is 0 Å². The van der Waals surface area contributed by atoms with Crippen molar-refractivity contribution in [1.82, 2.24) is 14.7 Å². The average molecular weight is 298 g/mol. The van der Waals surface area contributed by atoms with Crippen molar-refractivity contribution in [3.05, 3.63) is 12.4 Å². The van der Waals surface area contributed by atoms with Gasteiger partial charge in [0.1, 0.15) is 4.90 Å². The molecule has 0 bridgehead atoms. The first-order chi connectivity index (χ1) is 9.51. The lowest BCUT2D eigenvalue weighted by molar-refractivity contribution is 0.133. The third-order valence-corrected chi connectivity index (χ3v) is 5.43. The summed E-state index contributed by atoms with van der Waals surface area (Å²) in [6, 6.07) is 0. The molecule has 1 saturated carbocycles. The molecule has 6 nitrogen and oxygen atoms in total. The summed E-state index contributed by atoms with van der Waals surface area (Å²) in [6.45, 7) is 5.24. The van der Waals surface area contributed by atoms with Crippen LogP contribution < -0.4 is 10.0 Å². The normalized spacial score (nSPS) is 17.5. The van der Waals surface area contributed by atoms with Crippen molar-refractivity contribution < 1.29 is 8.42 Å². The number of hydrogen-bond acceptors (Lipinski definition) is 5. The molecular weight excluding hydrogens is 276 g/mol. The van der Waals surface area contributed by atoms with Gasteiger partial charge in [0.05, 0.1) is 12.4 Å². The number of hydrogen-bond donors (Lipinski definition) is 2. The molecular formula is C13H22N4O2S. The lowest BCUT2D eigenvalue weighted by atomic mass is 9.67. The van der Waals surface area contributed by atoms with E-state index >= 15 is 0 Å². The quantitative estimate of drug-likeness (QED) is 0.801. The molecule has 2 rings (SSSR count). The zero-order valence-corrected chi connectivity index (χ0v) is 12.8. The van der Waals surface area contributed by atoms with Crippen molar-refractivity contribution in [1.29, 1.82) is 0 Å². The summed E-state index contributed by atoms with van der Waals surface area (Å²) in [5.74, 6) is 0.440. The molecule has 2 N–H and O–H groups in total. The highest BCUT2D eigenvalue weighted by atomic mass is 32.2. The van der Waals surface area contributed by atoms with Crippen LogP contribution in [0.4, 0.5) is 5.95 Å². The fourth-order valence-corrected chi connectivity index (χ4v) is 3.41. The van der Waals surface area contributed by atoms with Gasteiger partial charge in [-0.3, -0.25) is 0 Å². The molecule has 7 heteroatoms. The van der Waals surface area contributed by atoms with E-state index in [-0.39, 0.29) is 10.3 Å². The minimum Gasteiger partial charge on any atom is -0.355 e. The fourth-order valence-electron chi connectivity index (χ4n) is 2.37. The number of nitrogens with zero attached hydrogens (tertiary/aromatic N) is 2. The van der Waals surface area contributed by atoms with Crippen molar-refractivity contribution in [2.45, 2.75) is 44.4 Å². The lowest BCUT2D eigenvalue weighted by Crippen LogP contribution is -2.41. The summed E-state index contributed by atoms with van der Waals surface area (Å²) in [5.41, 5.74) is 0.150. The zero-order chi connectivity index (χ0) is 14.6. The van der Waals surface area contributed by atoms with Crippen LogP contribution in [0.5, 0.6) is 0 Å². The Kier molecular flexibility index (Phi) is 4.59. The molecule has 1 aliphatic carbocycles. The van der Waals surface area contributed by atoms with Crippen molar-refractivity contribution in [3.8, 4) is 0 Å². The molecule has 0 aliphatic heterocycles. The summed E-state index contributed by atoms with van der Waals surface area (Å²) >= 11 is 0. The van der Waals surface area contributed by atoms with Gasteiger partial charge >= 0.3 is 0 Å². The Hall–Kier alpha value is -1.21. The molecule has 1 fully saturated rings. The van der Waals surface area contributed by atoms with Gasteiger partial charge in [-0.1, -0.05) is 13.3 Å². The van der Waals surface area contributed by atoms with Gasteiger partial charge in [0.2, 0.25) is 16.0 Å². The monoisotopic (exact) mass is 298 g/mol. The summed E-state index contributed by atoms with van der Waals surface area (Å²) in [4.78, 5) is 8.10. The molecule has 0 radical (unpaired) electrons. The molecule has 0 spiro atoms. The number of anilines is 1. The van der Waals surface area contributed by atoms with E-state index in [1.807, 2.05) is 6.92 Å². The summed E-state index contributed by atoms with van der Waals surface area (Å²) in [6.07, 6.45) is 7.07. The maximum atomic E-state index is 12.2. The molecule has 0 saturated heterocycles. The highest BCUT2D eigenvalue weighted by molar-refractivity contribution is 7.89. The number of aromatic nitrogens is 2. The molecule has 1 aromatic heterocycles. The van der Waals surface area contributed by atoms with Gasteiger partial charge in [-0.2, -0.15) is 0 Å². The maximum Gasteiger partial charge on any atom is 0.243 e. The molecule has 0 amide bonds. The van der Waals surface area contributed by atoms with Crippen LogP contribution >= 0.6 is 0 Å². The fraction of sp³-hybridized carbons (Fsp3) is 0.692. The standard InChI is InChI=1S/C13H22N4O2S/c1-3-13(6-5-7-13)10-17-20(18,19)11-8-15-12(14-4-2)16-9-11/h8-9,17H,3-7,10H2,1-2H3,(H,14,15,16). The minimum absolute atomic E-state index is 0.115. The van der Waals surface area contributed by atoms with Crippen molar-refractivity contribution in [3.63, 3.8) is 0 Å². The molecule has 1 aromatic rings. The van der Waals surface area contributed by atoms with Gasteiger partial charge < -0.3 is 5.32 Å². The van der Waals surface area contributed by atoms with Gasteiger partial charge in [-0.25, -0.2) is 23.1 Å². The Labute approximate surface area is 120 Å². The number of rotatable bonds is 7. The van der Waals surface area contributed by atoms with Crippen LogP contribution in [-0.4, -0.2) is 31.5 Å². The number of sulfonamides is 1. The Morgan fingerprint density at radius 2 is 1.90 bits per heavy atom. The van der Waals surface area contributed by atoms with Crippen LogP contribution in [0.15, 0.2) is 17.3 Å². The van der Waals surface area contributed by atoms with Crippen LogP contribution in [0.2, 0.25) is 0 Å². The predicted molar refractivity (Wildman–Crippen MR) is 78.0 cm³/mol. The van der Waals surface area contributed by atoms with E-state index in [1.165, 1.54) is 18.8 Å². The average Bonchev–Trinajstić information content (AvgIpc) is 2.39. The van der Waals surface area contributed by atoms with Crippen molar-refractivity contribution >= 4 is 16.0 Å². The second-order valence-corrected chi connectivity index (χ2v) is 7.07. The lowest BCUT2D eigenvalue weighted by Gasteiger charge is -2.41. The minimum atomic E-state index is -3.51. The Morgan fingerprint density at radius 1 is 1.25 bits per heavy atom. The first-order valence-electron chi connectivity index (χ1n) is 7.07. The van der Waals surface area contributed by atoms with Gasteiger partial charge in [0.25, 0.3) is 0 Å². The third kappa shape index (κ3) is 3.27. The van der Waals surface area contributed by atoms with Crippen LogP contribution in [0.25, 0.3) is 0 Å². The summed E-state index contributed by atoms with van der Waals surface area (Å²) < 4.78 is 27.1. The van der Waals surface area contributed by atoms with E-state index in [1.54, 1.807) is 0 Å². The highest BCUT2D eigenvalue weighted by Crippen LogP contribution is 2.43. The first kappa shape index (κ1) is 15.2. The summed E-state index contributed by atoms with van der Waals surface area (Å²) in [7, 11) is -3.51. The summed E-state index contributed by atoms with van der Waals surface area (Å²) in [5, 5.41) is 2.93. The molecule has 112 valence electrons. The SMILES string of the molecule is CCNc1ncc(S(=O)(=O)NCC2(CC)CCC2)cn1. The van der Waals surface area contributed by atoms with Crippen molar-refractivity contribution in [2.75, 3.05) is 18.4 Å². The van der Waals surface area contributed by atoms with Gasteiger partial charge in [-0.05, 0) is 31.6 Å². The molecule has 1 heterocycles. The van der Waals surface area contributed by atoms with Crippen LogP contribution in [0.1, 0.15) is 39.5 Å². The molecule has 0 aromatic carbocycles. The Bertz CT molecular complexity index is 532. The van der Waals surface area contributed by atoms with Gasteiger partial charge in [0.15, 0.2) is 0 Å². The van der Waals surface area contributed by atoms with E-state index in [0.717, 1.165) is 19.3 Å². The maximum absolute atomic E-state index is 12.2.